The Morgan fingerprint density at radius 2 is 2.00 bits per heavy atom. The lowest BCUT2D eigenvalue weighted by Gasteiger charge is -2.03. The topological polar surface area (TPSA) is 70.3 Å². The molecule has 5 heteroatoms. The van der Waals surface area contributed by atoms with Crippen molar-refractivity contribution in [2.24, 2.45) is 0 Å². The summed E-state index contributed by atoms with van der Waals surface area (Å²) >= 11 is 0. The van der Waals surface area contributed by atoms with Crippen LogP contribution in [0.4, 0.5) is 5.95 Å². The first-order chi connectivity index (χ1) is 5.83. The Labute approximate surface area is 70.5 Å². The molecule has 0 unspecified atom stereocenters. The monoisotopic (exact) mass is 169 g/mol. The first-order valence-electron chi connectivity index (χ1n) is 3.52. The van der Waals surface area contributed by atoms with Gasteiger partial charge in [-0.25, -0.2) is 9.97 Å². The SMILES string of the molecule is COCCOc1cnc(N)nc1. The van der Waals surface area contributed by atoms with Gasteiger partial charge in [0, 0.05) is 7.11 Å². The molecule has 5 nitrogen and oxygen atoms in total. The summed E-state index contributed by atoms with van der Waals surface area (Å²) in [6, 6.07) is 0. The van der Waals surface area contributed by atoms with Crippen molar-refractivity contribution in [3.63, 3.8) is 0 Å². The lowest BCUT2D eigenvalue weighted by atomic mass is 10.6. The minimum absolute atomic E-state index is 0.245. The second kappa shape index (κ2) is 4.50. The molecule has 1 rings (SSSR count). The predicted molar refractivity (Wildman–Crippen MR) is 43.8 cm³/mol. The molecule has 1 aromatic heterocycles. The molecule has 0 atom stereocenters. The molecule has 0 aliphatic heterocycles. The first kappa shape index (κ1) is 8.73. The Morgan fingerprint density at radius 1 is 1.33 bits per heavy atom. The van der Waals surface area contributed by atoms with Crippen molar-refractivity contribution < 1.29 is 9.47 Å². The Hall–Kier alpha value is -1.36. The molecular weight excluding hydrogens is 158 g/mol. The van der Waals surface area contributed by atoms with Gasteiger partial charge in [0.05, 0.1) is 19.0 Å². The highest BCUT2D eigenvalue weighted by molar-refractivity contribution is 5.20. The van der Waals surface area contributed by atoms with E-state index in [1.165, 1.54) is 12.4 Å². The highest BCUT2D eigenvalue weighted by atomic mass is 16.5. The fourth-order valence-electron chi connectivity index (χ4n) is 0.644. The van der Waals surface area contributed by atoms with Crippen molar-refractivity contribution in [1.82, 2.24) is 9.97 Å². The van der Waals surface area contributed by atoms with E-state index in [4.69, 9.17) is 15.2 Å². The third kappa shape index (κ3) is 2.71. The van der Waals surface area contributed by atoms with Gasteiger partial charge in [0.15, 0.2) is 5.75 Å². The van der Waals surface area contributed by atoms with E-state index >= 15 is 0 Å². The summed E-state index contributed by atoms with van der Waals surface area (Å²) in [5.74, 6) is 0.843. The second-order valence-electron chi connectivity index (χ2n) is 2.12. The van der Waals surface area contributed by atoms with Gasteiger partial charge in [-0.05, 0) is 0 Å². The Bertz CT molecular complexity index is 225. The molecule has 2 N–H and O–H groups in total. The number of hydrogen-bond acceptors (Lipinski definition) is 5. The number of nitrogen functional groups attached to an aromatic ring is 1. The van der Waals surface area contributed by atoms with Crippen LogP contribution in [0, 0.1) is 0 Å². The highest BCUT2D eigenvalue weighted by Crippen LogP contribution is 2.05. The highest BCUT2D eigenvalue weighted by Gasteiger charge is 1.93. The molecule has 1 heterocycles. The minimum Gasteiger partial charge on any atom is -0.488 e. The van der Waals surface area contributed by atoms with Gasteiger partial charge in [0.25, 0.3) is 0 Å². The molecule has 0 aliphatic rings. The minimum atomic E-state index is 0.245. The van der Waals surface area contributed by atoms with E-state index in [2.05, 4.69) is 9.97 Å². The summed E-state index contributed by atoms with van der Waals surface area (Å²) in [6.07, 6.45) is 3.05. The normalized spacial score (nSPS) is 9.75. The molecule has 1 aromatic rings. The molecule has 0 saturated carbocycles. The fourth-order valence-corrected chi connectivity index (χ4v) is 0.644. The van der Waals surface area contributed by atoms with Crippen LogP contribution in [0.25, 0.3) is 0 Å². The molecular formula is C7H11N3O2. The largest absolute Gasteiger partial charge is 0.488 e. The maximum Gasteiger partial charge on any atom is 0.220 e. The number of ether oxygens (including phenoxy) is 2. The number of anilines is 1. The van der Waals surface area contributed by atoms with E-state index in [-0.39, 0.29) is 5.95 Å². The summed E-state index contributed by atoms with van der Waals surface area (Å²) in [4.78, 5) is 7.52. The number of aromatic nitrogens is 2. The van der Waals surface area contributed by atoms with E-state index in [9.17, 15) is 0 Å². The van der Waals surface area contributed by atoms with Crippen molar-refractivity contribution in [2.45, 2.75) is 0 Å². The maximum atomic E-state index is 5.28. The van der Waals surface area contributed by atoms with Gasteiger partial charge in [-0.2, -0.15) is 0 Å². The first-order valence-corrected chi connectivity index (χ1v) is 3.52. The summed E-state index contributed by atoms with van der Waals surface area (Å²) in [7, 11) is 1.61. The van der Waals surface area contributed by atoms with Crippen molar-refractivity contribution in [2.75, 3.05) is 26.1 Å². The molecule has 0 radical (unpaired) electrons. The van der Waals surface area contributed by atoms with Crippen molar-refractivity contribution in [3.8, 4) is 5.75 Å². The van der Waals surface area contributed by atoms with E-state index < -0.39 is 0 Å². The Morgan fingerprint density at radius 3 is 2.58 bits per heavy atom. The molecule has 0 aromatic carbocycles. The average Bonchev–Trinajstić information content (AvgIpc) is 2.09. The zero-order valence-corrected chi connectivity index (χ0v) is 6.86. The number of nitrogens with two attached hydrogens (primary N) is 1. The lowest BCUT2D eigenvalue weighted by Crippen LogP contribution is -2.05. The van der Waals surface area contributed by atoms with Crippen LogP contribution >= 0.6 is 0 Å². The summed E-state index contributed by atoms with van der Waals surface area (Å²) < 4.78 is 9.99. The van der Waals surface area contributed by atoms with Crippen molar-refractivity contribution in [3.05, 3.63) is 12.4 Å². The summed E-state index contributed by atoms with van der Waals surface area (Å²) in [5.41, 5.74) is 5.28. The van der Waals surface area contributed by atoms with Crippen molar-refractivity contribution in [1.29, 1.82) is 0 Å². The molecule has 0 bridgehead atoms. The third-order valence-electron chi connectivity index (χ3n) is 1.20. The van der Waals surface area contributed by atoms with Crippen LogP contribution in [0.2, 0.25) is 0 Å². The smallest absolute Gasteiger partial charge is 0.220 e. The van der Waals surface area contributed by atoms with Crippen LogP contribution in [-0.4, -0.2) is 30.3 Å². The van der Waals surface area contributed by atoms with E-state index in [1.54, 1.807) is 7.11 Å². The van der Waals surface area contributed by atoms with Crippen LogP contribution in [0.15, 0.2) is 12.4 Å². The van der Waals surface area contributed by atoms with E-state index in [1.807, 2.05) is 0 Å². The molecule has 0 amide bonds. The fraction of sp³-hybridized carbons (Fsp3) is 0.429. The molecule has 0 aliphatic carbocycles. The second-order valence-corrected chi connectivity index (χ2v) is 2.12. The molecule has 66 valence electrons. The van der Waals surface area contributed by atoms with Crippen LogP contribution < -0.4 is 10.5 Å². The van der Waals surface area contributed by atoms with Crippen LogP contribution in [-0.2, 0) is 4.74 Å². The Kier molecular flexibility index (Phi) is 3.28. The molecule has 0 fully saturated rings. The predicted octanol–water partition coefficient (Wildman–Crippen LogP) is 0.0840. The summed E-state index contributed by atoms with van der Waals surface area (Å²) in [6.45, 7) is 1.04. The van der Waals surface area contributed by atoms with E-state index in [0.29, 0.717) is 19.0 Å². The zero-order chi connectivity index (χ0) is 8.81. The van der Waals surface area contributed by atoms with Gasteiger partial charge in [-0.1, -0.05) is 0 Å². The Balaban J connectivity index is 2.37. The standard InChI is InChI=1S/C7H11N3O2/c1-11-2-3-12-6-4-9-7(8)10-5-6/h4-5H,2-3H2,1H3,(H2,8,9,10). The third-order valence-corrected chi connectivity index (χ3v) is 1.20. The maximum absolute atomic E-state index is 5.28. The van der Waals surface area contributed by atoms with Gasteiger partial charge in [-0.15, -0.1) is 0 Å². The number of nitrogens with zero attached hydrogens (tertiary/aromatic N) is 2. The van der Waals surface area contributed by atoms with Crippen LogP contribution in [0.3, 0.4) is 0 Å². The van der Waals surface area contributed by atoms with Gasteiger partial charge in [0.1, 0.15) is 6.61 Å². The molecule has 0 saturated heterocycles. The summed E-state index contributed by atoms with van der Waals surface area (Å²) in [5, 5.41) is 0. The lowest BCUT2D eigenvalue weighted by molar-refractivity contribution is 0.146. The number of hydrogen-bond donors (Lipinski definition) is 1. The van der Waals surface area contributed by atoms with Gasteiger partial charge in [-0.3, -0.25) is 0 Å². The van der Waals surface area contributed by atoms with Crippen LogP contribution in [0.1, 0.15) is 0 Å². The van der Waals surface area contributed by atoms with Crippen molar-refractivity contribution >= 4 is 5.95 Å². The average molecular weight is 169 g/mol. The number of rotatable bonds is 4. The molecule has 0 spiro atoms. The zero-order valence-electron chi connectivity index (χ0n) is 6.86. The van der Waals surface area contributed by atoms with Gasteiger partial charge < -0.3 is 15.2 Å². The van der Waals surface area contributed by atoms with E-state index in [0.717, 1.165) is 0 Å². The quantitative estimate of drug-likeness (QED) is 0.646. The van der Waals surface area contributed by atoms with Gasteiger partial charge in [0.2, 0.25) is 5.95 Å². The molecule has 12 heavy (non-hydrogen) atoms. The van der Waals surface area contributed by atoms with Crippen LogP contribution in [0.5, 0.6) is 5.75 Å². The van der Waals surface area contributed by atoms with Gasteiger partial charge >= 0.3 is 0 Å². The number of methoxy groups -OCH3 is 1.